The molecule has 0 radical (unpaired) electrons. The SMILES string of the molecule is CCn1nc(C)c(Br)c1CC1(N)CCCCCCC1. The van der Waals surface area contributed by atoms with E-state index >= 15 is 0 Å². The molecule has 2 N–H and O–H groups in total. The van der Waals surface area contributed by atoms with Crippen LogP contribution in [0.3, 0.4) is 0 Å². The van der Waals surface area contributed by atoms with Crippen LogP contribution in [-0.4, -0.2) is 15.3 Å². The third-order valence-electron chi connectivity index (χ3n) is 4.32. The molecule has 1 aliphatic rings. The standard InChI is InChI=1S/C15H26BrN3/c1-3-19-13(14(16)12(2)18-19)11-15(17)9-7-5-4-6-8-10-15/h3-11,17H2,1-2H3. The second kappa shape index (κ2) is 6.40. The van der Waals surface area contributed by atoms with E-state index in [-0.39, 0.29) is 5.54 Å². The highest BCUT2D eigenvalue weighted by Crippen LogP contribution is 2.31. The molecule has 4 heteroatoms. The maximum absolute atomic E-state index is 6.70. The molecule has 2 rings (SSSR count). The molecule has 1 heterocycles. The summed E-state index contributed by atoms with van der Waals surface area (Å²) in [5.41, 5.74) is 9.02. The van der Waals surface area contributed by atoms with Crippen molar-refractivity contribution in [2.75, 3.05) is 0 Å². The van der Waals surface area contributed by atoms with Crippen molar-refractivity contribution in [2.45, 2.75) is 77.3 Å². The predicted molar refractivity (Wildman–Crippen MR) is 83.3 cm³/mol. The minimum atomic E-state index is -0.0394. The second-order valence-electron chi connectivity index (χ2n) is 5.97. The zero-order chi connectivity index (χ0) is 13.9. The van der Waals surface area contributed by atoms with Crippen molar-refractivity contribution in [3.8, 4) is 0 Å². The first-order chi connectivity index (χ1) is 9.06. The summed E-state index contributed by atoms with van der Waals surface area (Å²) in [6.45, 7) is 5.11. The minimum Gasteiger partial charge on any atom is -0.325 e. The molecule has 0 amide bonds. The lowest BCUT2D eigenvalue weighted by atomic mass is 9.81. The summed E-state index contributed by atoms with van der Waals surface area (Å²) in [6, 6.07) is 0. The van der Waals surface area contributed by atoms with Crippen molar-refractivity contribution in [2.24, 2.45) is 5.73 Å². The Morgan fingerprint density at radius 1 is 1.21 bits per heavy atom. The third-order valence-corrected chi connectivity index (χ3v) is 5.35. The molecule has 0 atom stereocenters. The first kappa shape index (κ1) is 15.0. The Bertz CT molecular complexity index is 417. The quantitative estimate of drug-likeness (QED) is 0.913. The fourth-order valence-electron chi connectivity index (χ4n) is 3.16. The molecule has 19 heavy (non-hydrogen) atoms. The van der Waals surface area contributed by atoms with Crippen LogP contribution < -0.4 is 5.73 Å². The summed E-state index contributed by atoms with van der Waals surface area (Å²) in [5, 5.41) is 4.58. The molecule has 0 saturated heterocycles. The predicted octanol–water partition coefficient (Wildman–Crippen LogP) is 3.96. The molecule has 1 fully saturated rings. The Morgan fingerprint density at radius 3 is 2.37 bits per heavy atom. The normalized spacial score (nSPS) is 20.0. The van der Waals surface area contributed by atoms with Crippen molar-refractivity contribution in [3.63, 3.8) is 0 Å². The number of aryl methyl sites for hydroxylation is 2. The molecule has 0 spiro atoms. The average molecular weight is 328 g/mol. The van der Waals surface area contributed by atoms with Gasteiger partial charge in [-0.05, 0) is 42.6 Å². The summed E-state index contributed by atoms with van der Waals surface area (Å²) in [7, 11) is 0. The van der Waals surface area contributed by atoms with Crippen molar-refractivity contribution in [3.05, 3.63) is 15.9 Å². The van der Waals surface area contributed by atoms with E-state index in [4.69, 9.17) is 5.73 Å². The van der Waals surface area contributed by atoms with Gasteiger partial charge in [0.05, 0.1) is 15.9 Å². The smallest absolute Gasteiger partial charge is 0.0738 e. The van der Waals surface area contributed by atoms with Crippen LogP contribution in [0.5, 0.6) is 0 Å². The average Bonchev–Trinajstić information content (AvgIpc) is 2.62. The number of hydrogen-bond acceptors (Lipinski definition) is 2. The highest BCUT2D eigenvalue weighted by Gasteiger charge is 2.28. The molecule has 0 unspecified atom stereocenters. The summed E-state index contributed by atoms with van der Waals surface area (Å²) < 4.78 is 3.26. The molecule has 108 valence electrons. The molecule has 0 aromatic carbocycles. The van der Waals surface area contributed by atoms with E-state index < -0.39 is 0 Å². The van der Waals surface area contributed by atoms with Gasteiger partial charge >= 0.3 is 0 Å². The second-order valence-corrected chi connectivity index (χ2v) is 6.76. The van der Waals surface area contributed by atoms with Crippen LogP contribution in [-0.2, 0) is 13.0 Å². The largest absolute Gasteiger partial charge is 0.325 e. The molecule has 0 aliphatic heterocycles. The van der Waals surface area contributed by atoms with Gasteiger partial charge in [-0.15, -0.1) is 0 Å². The molecule has 1 saturated carbocycles. The number of rotatable bonds is 3. The Balaban J connectivity index is 2.18. The molecular formula is C15H26BrN3. The highest BCUT2D eigenvalue weighted by atomic mass is 79.9. The van der Waals surface area contributed by atoms with Crippen molar-refractivity contribution in [1.29, 1.82) is 0 Å². The number of nitrogens with zero attached hydrogens (tertiary/aromatic N) is 2. The Kier molecular flexibility index (Phi) is 5.07. The van der Waals surface area contributed by atoms with Gasteiger partial charge in [0.2, 0.25) is 0 Å². The van der Waals surface area contributed by atoms with Crippen molar-refractivity contribution < 1.29 is 0 Å². The third kappa shape index (κ3) is 3.60. The first-order valence-corrected chi connectivity index (χ1v) is 8.36. The summed E-state index contributed by atoms with van der Waals surface area (Å²) in [4.78, 5) is 0. The number of nitrogens with two attached hydrogens (primary N) is 1. The Labute approximate surface area is 125 Å². The van der Waals surface area contributed by atoms with Gasteiger partial charge in [-0.1, -0.05) is 32.1 Å². The van der Waals surface area contributed by atoms with Crippen LogP contribution in [0.15, 0.2) is 4.47 Å². The van der Waals surface area contributed by atoms with Crippen molar-refractivity contribution in [1.82, 2.24) is 9.78 Å². The topological polar surface area (TPSA) is 43.8 Å². The zero-order valence-corrected chi connectivity index (χ0v) is 13.8. The van der Waals surface area contributed by atoms with Crippen LogP contribution >= 0.6 is 15.9 Å². The van der Waals surface area contributed by atoms with E-state index in [9.17, 15) is 0 Å². The fourth-order valence-corrected chi connectivity index (χ4v) is 3.58. The van der Waals surface area contributed by atoms with E-state index in [0.29, 0.717) is 0 Å². The Hall–Kier alpha value is -0.350. The molecule has 1 aliphatic carbocycles. The molecule has 0 bridgehead atoms. The van der Waals surface area contributed by atoms with Gasteiger partial charge < -0.3 is 5.73 Å². The van der Waals surface area contributed by atoms with E-state index in [2.05, 4.69) is 39.6 Å². The zero-order valence-electron chi connectivity index (χ0n) is 12.2. The van der Waals surface area contributed by atoms with Crippen LogP contribution in [0.1, 0.15) is 63.3 Å². The maximum atomic E-state index is 6.70. The monoisotopic (exact) mass is 327 g/mol. The van der Waals surface area contributed by atoms with E-state index in [1.807, 2.05) is 0 Å². The summed E-state index contributed by atoms with van der Waals surface area (Å²) in [5.74, 6) is 0. The lowest BCUT2D eigenvalue weighted by molar-refractivity contribution is 0.307. The van der Waals surface area contributed by atoms with Crippen LogP contribution in [0.25, 0.3) is 0 Å². The Morgan fingerprint density at radius 2 is 1.79 bits per heavy atom. The van der Waals surface area contributed by atoms with Gasteiger partial charge in [0.25, 0.3) is 0 Å². The van der Waals surface area contributed by atoms with Crippen LogP contribution in [0, 0.1) is 6.92 Å². The van der Waals surface area contributed by atoms with Gasteiger partial charge in [-0.25, -0.2) is 0 Å². The first-order valence-electron chi connectivity index (χ1n) is 7.56. The van der Waals surface area contributed by atoms with Crippen LogP contribution in [0.4, 0.5) is 0 Å². The lowest BCUT2D eigenvalue weighted by Crippen LogP contribution is -2.43. The van der Waals surface area contributed by atoms with E-state index in [1.165, 1.54) is 37.8 Å². The molecular weight excluding hydrogens is 302 g/mol. The van der Waals surface area contributed by atoms with E-state index in [0.717, 1.165) is 36.0 Å². The number of hydrogen-bond donors (Lipinski definition) is 1. The molecule has 3 nitrogen and oxygen atoms in total. The van der Waals surface area contributed by atoms with E-state index in [1.54, 1.807) is 0 Å². The summed E-state index contributed by atoms with van der Waals surface area (Å²) in [6.07, 6.45) is 9.84. The lowest BCUT2D eigenvalue weighted by Gasteiger charge is -2.31. The molecule has 1 aromatic heterocycles. The van der Waals surface area contributed by atoms with Crippen molar-refractivity contribution >= 4 is 15.9 Å². The van der Waals surface area contributed by atoms with Gasteiger partial charge in [0, 0.05) is 18.5 Å². The van der Waals surface area contributed by atoms with Gasteiger partial charge in [0.15, 0.2) is 0 Å². The minimum absolute atomic E-state index is 0.0394. The van der Waals surface area contributed by atoms with Gasteiger partial charge in [-0.3, -0.25) is 4.68 Å². The molecule has 1 aromatic rings. The highest BCUT2D eigenvalue weighted by molar-refractivity contribution is 9.10. The van der Waals surface area contributed by atoms with Gasteiger partial charge in [-0.2, -0.15) is 5.10 Å². The number of aromatic nitrogens is 2. The van der Waals surface area contributed by atoms with Crippen LogP contribution in [0.2, 0.25) is 0 Å². The van der Waals surface area contributed by atoms with Gasteiger partial charge in [0.1, 0.15) is 0 Å². The number of halogens is 1. The summed E-state index contributed by atoms with van der Waals surface area (Å²) >= 11 is 3.69. The fraction of sp³-hybridized carbons (Fsp3) is 0.800. The maximum Gasteiger partial charge on any atom is 0.0738 e.